The minimum Gasteiger partial charge on any atom is -0.481 e. The van der Waals surface area contributed by atoms with Crippen LogP contribution in [0.4, 0.5) is 4.79 Å². The van der Waals surface area contributed by atoms with Crippen molar-refractivity contribution < 1.29 is 19.5 Å². The molecule has 0 unspecified atom stereocenters. The Morgan fingerprint density at radius 3 is 2.67 bits per heavy atom. The maximum Gasteiger partial charge on any atom is 0.321 e. The van der Waals surface area contributed by atoms with Crippen LogP contribution in [0.3, 0.4) is 0 Å². The van der Waals surface area contributed by atoms with Crippen molar-refractivity contribution in [2.24, 2.45) is 0 Å². The van der Waals surface area contributed by atoms with Gasteiger partial charge in [0, 0.05) is 25.4 Å². The molecule has 0 bridgehead atoms. The fourth-order valence-electron chi connectivity index (χ4n) is 1.14. The average molecular weight is 251 g/mol. The molecular formula is C11H13N3O4. The highest BCUT2D eigenvalue weighted by atomic mass is 16.4. The lowest BCUT2D eigenvalue weighted by molar-refractivity contribution is -0.138. The van der Waals surface area contributed by atoms with Crippen molar-refractivity contribution in [3.05, 3.63) is 30.1 Å². The predicted octanol–water partition coefficient (Wildman–Crippen LogP) is 0.272. The van der Waals surface area contributed by atoms with Gasteiger partial charge in [-0.1, -0.05) is 6.07 Å². The van der Waals surface area contributed by atoms with E-state index in [0.717, 1.165) is 5.56 Å². The number of carboxylic acid groups (broad SMARTS) is 1. The first-order valence-electron chi connectivity index (χ1n) is 5.26. The van der Waals surface area contributed by atoms with Gasteiger partial charge in [0.05, 0.1) is 6.42 Å². The maximum absolute atomic E-state index is 11.3. The van der Waals surface area contributed by atoms with Gasteiger partial charge >= 0.3 is 12.0 Å². The number of pyridine rings is 1. The van der Waals surface area contributed by atoms with Crippen LogP contribution in [0.25, 0.3) is 0 Å². The number of aromatic nitrogens is 1. The van der Waals surface area contributed by atoms with Crippen molar-refractivity contribution in [2.75, 3.05) is 0 Å². The molecule has 0 aliphatic rings. The van der Waals surface area contributed by atoms with Crippen LogP contribution >= 0.6 is 0 Å². The molecule has 18 heavy (non-hydrogen) atoms. The van der Waals surface area contributed by atoms with Crippen LogP contribution in [0.1, 0.15) is 18.4 Å². The van der Waals surface area contributed by atoms with Crippen LogP contribution in [-0.2, 0) is 16.1 Å². The Balaban J connectivity index is 2.25. The number of nitrogens with zero attached hydrogens (tertiary/aromatic N) is 1. The van der Waals surface area contributed by atoms with E-state index in [1.807, 2.05) is 5.32 Å². The topological polar surface area (TPSA) is 108 Å². The molecule has 0 saturated carbocycles. The summed E-state index contributed by atoms with van der Waals surface area (Å²) in [5.74, 6) is -1.71. The predicted molar refractivity (Wildman–Crippen MR) is 61.5 cm³/mol. The Bertz CT molecular complexity index is 433. The smallest absolute Gasteiger partial charge is 0.321 e. The first-order valence-corrected chi connectivity index (χ1v) is 5.26. The summed E-state index contributed by atoms with van der Waals surface area (Å²) in [6.07, 6.45) is 2.67. The van der Waals surface area contributed by atoms with E-state index < -0.39 is 17.9 Å². The molecular weight excluding hydrogens is 238 g/mol. The summed E-state index contributed by atoms with van der Waals surface area (Å²) in [6.45, 7) is 0.242. The summed E-state index contributed by atoms with van der Waals surface area (Å²) in [5.41, 5.74) is 0.797. The molecule has 3 amide bonds. The van der Waals surface area contributed by atoms with Gasteiger partial charge in [-0.05, 0) is 11.6 Å². The van der Waals surface area contributed by atoms with Crippen LogP contribution in [0.5, 0.6) is 0 Å². The minimum atomic E-state index is -1.08. The fourth-order valence-corrected chi connectivity index (χ4v) is 1.14. The highest BCUT2D eigenvalue weighted by Gasteiger charge is 2.09. The van der Waals surface area contributed by atoms with Crippen LogP contribution in [0, 0.1) is 0 Å². The third-order valence-electron chi connectivity index (χ3n) is 1.99. The molecule has 1 aromatic rings. The minimum absolute atomic E-state index is 0.227. The number of urea groups is 1. The number of carbonyl (C=O) groups excluding carboxylic acids is 2. The molecule has 0 aliphatic heterocycles. The van der Waals surface area contributed by atoms with Gasteiger partial charge in [-0.3, -0.25) is 19.9 Å². The number of aliphatic carboxylic acids is 1. The number of amides is 3. The number of carboxylic acids is 1. The molecule has 0 atom stereocenters. The third kappa shape index (κ3) is 5.59. The molecule has 0 spiro atoms. The molecule has 0 aromatic carbocycles. The summed E-state index contributed by atoms with van der Waals surface area (Å²) in [5, 5.41) is 12.9. The lowest BCUT2D eigenvalue weighted by Gasteiger charge is -2.05. The highest BCUT2D eigenvalue weighted by Crippen LogP contribution is 1.94. The van der Waals surface area contributed by atoms with Crippen molar-refractivity contribution >= 4 is 17.9 Å². The average Bonchev–Trinajstić information content (AvgIpc) is 2.35. The lowest BCUT2D eigenvalue weighted by Crippen LogP contribution is -2.39. The molecule has 1 aromatic heterocycles. The first kappa shape index (κ1) is 13.6. The van der Waals surface area contributed by atoms with Gasteiger partial charge < -0.3 is 10.4 Å². The van der Waals surface area contributed by atoms with Gasteiger partial charge in [0.2, 0.25) is 5.91 Å². The van der Waals surface area contributed by atoms with Gasteiger partial charge in [0.25, 0.3) is 0 Å². The molecule has 1 heterocycles. The summed E-state index contributed by atoms with van der Waals surface area (Å²) in [7, 11) is 0. The van der Waals surface area contributed by atoms with E-state index in [-0.39, 0.29) is 19.4 Å². The van der Waals surface area contributed by atoms with Gasteiger partial charge in [-0.2, -0.15) is 0 Å². The van der Waals surface area contributed by atoms with E-state index in [1.165, 1.54) is 0 Å². The zero-order valence-electron chi connectivity index (χ0n) is 9.55. The number of hydrogen-bond acceptors (Lipinski definition) is 4. The van der Waals surface area contributed by atoms with E-state index in [4.69, 9.17) is 5.11 Å². The van der Waals surface area contributed by atoms with Gasteiger partial charge in [-0.25, -0.2) is 4.79 Å². The number of carbonyl (C=O) groups is 3. The van der Waals surface area contributed by atoms with E-state index in [0.29, 0.717) is 0 Å². The second-order valence-electron chi connectivity index (χ2n) is 3.49. The van der Waals surface area contributed by atoms with E-state index in [9.17, 15) is 14.4 Å². The van der Waals surface area contributed by atoms with Gasteiger partial charge in [0.15, 0.2) is 0 Å². The Morgan fingerprint density at radius 1 is 1.28 bits per heavy atom. The molecule has 7 heteroatoms. The number of nitrogens with one attached hydrogen (secondary N) is 2. The molecule has 7 nitrogen and oxygen atoms in total. The molecule has 0 radical (unpaired) electrons. The van der Waals surface area contributed by atoms with E-state index in [2.05, 4.69) is 10.3 Å². The SMILES string of the molecule is O=C(O)CCC(=O)NC(=O)NCc1cccnc1. The summed E-state index contributed by atoms with van der Waals surface area (Å²) in [6, 6.07) is 2.85. The maximum atomic E-state index is 11.3. The van der Waals surface area contributed by atoms with Crippen molar-refractivity contribution in [2.45, 2.75) is 19.4 Å². The van der Waals surface area contributed by atoms with E-state index >= 15 is 0 Å². The van der Waals surface area contributed by atoms with Crippen LogP contribution in [0.15, 0.2) is 24.5 Å². The molecule has 0 fully saturated rings. The number of imide groups is 1. The van der Waals surface area contributed by atoms with Crippen LogP contribution < -0.4 is 10.6 Å². The zero-order chi connectivity index (χ0) is 13.4. The summed E-state index contributed by atoms with van der Waals surface area (Å²) in [4.78, 5) is 36.5. The third-order valence-corrected chi connectivity index (χ3v) is 1.99. The Hall–Kier alpha value is -2.44. The highest BCUT2D eigenvalue weighted by molar-refractivity contribution is 5.95. The van der Waals surface area contributed by atoms with Crippen LogP contribution in [-0.4, -0.2) is 28.0 Å². The normalized spacial score (nSPS) is 9.56. The Labute approximate surface area is 103 Å². The summed E-state index contributed by atoms with van der Waals surface area (Å²) >= 11 is 0. The second kappa shape index (κ2) is 7.00. The summed E-state index contributed by atoms with van der Waals surface area (Å²) < 4.78 is 0. The molecule has 3 N–H and O–H groups in total. The number of hydrogen-bond donors (Lipinski definition) is 3. The van der Waals surface area contributed by atoms with Gasteiger partial charge in [-0.15, -0.1) is 0 Å². The quantitative estimate of drug-likeness (QED) is 0.696. The van der Waals surface area contributed by atoms with Crippen molar-refractivity contribution in [3.8, 4) is 0 Å². The largest absolute Gasteiger partial charge is 0.481 e. The second-order valence-corrected chi connectivity index (χ2v) is 3.49. The van der Waals surface area contributed by atoms with E-state index in [1.54, 1.807) is 24.5 Å². The standard InChI is InChI=1S/C11H13N3O4/c15-9(3-4-10(16)17)14-11(18)13-7-8-2-1-5-12-6-8/h1-2,5-6H,3-4,7H2,(H,16,17)(H2,13,14,15,18). The first-order chi connectivity index (χ1) is 8.58. The fraction of sp³-hybridized carbons (Fsp3) is 0.273. The van der Waals surface area contributed by atoms with Crippen molar-refractivity contribution in [3.63, 3.8) is 0 Å². The molecule has 96 valence electrons. The Kier molecular flexibility index (Phi) is 5.30. The van der Waals surface area contributed by atoms with Gasteiger partial charge in [0.1, 0.15) is 0 Å². The molecule has 1 rings (SSSR count). The van der Waals surface area contributed by atoms with Crippen LogP contribution in [0.2, 0.25) is 0 Å². The molecule has 0 saturated heterocycles. The number of rotatable bonds is 5. The van der Waals surface area contributed by atoms with Crippen molar-refractivity contribution in [1.29, 1.82) is 0 Å². The lowest BCUT2D eigenvalue weighted by atomic mass is 10.3. The monoisotopic (exact) mass is 251 g/mol. The zero-order valence-corrected chi connectivity index (χ0v) is 9.55. The molecule has 0 aliphatic carbocycles. The van der Waals surface area contributed by atoms with Crippen molar-refractivity contribution in [1.82, 2.24) is 15.6 Å². The Morgan fingerprint density at radius 2 is 2.06 bits per heavy atom.